The van der Waals surface area contributed by atoms with Crippen LogP contribution in [-0.2, 0) is 21.4 Å². The van der Waals surface area contributed by atoms with Crippen molar-refractivity contribution in [3.8, 4) is 11.5 Å². The molecule has 2 aromatic carbocycles. The minimum absolute atomic E-state index is 0. The predicted molar refractivity (Wildman–Crippen MR) is 107 cm³/mol. The number of amides is 1. The van der Waals surface area contributed by atoms with Gasteiger partial charge in [-0.25, -0.2) is 13.1 Å². The molecular weight excluding hydrogens is 406 g/mol. The van der Waals surface area contributed by atoms with Gasteiger partial charge in [-0.3, -0.25) is 4.79 Å². The average molecular weight is 428 g/mol. The van der Waals surface area contributed by atoms with E-state index < -0.39 is 10.0 Å². The first-order valence-electron chi connectivity index (χ1n) is 8.29. The molecule has 0 saturated heterocycles. The summed E-state index contributed by atoms with van der Waals surface area (Å²) in [7, 11) is -2.51. The Hall–Kier alpha value is -2.33. The number of anilines is 1. The molecule has 0 radical (unpaired) electrons. The summed E-state index contributed by atoms with van der Waals surface area (Å²) in [6.07, 6.45) is 0. The van der Waals surface area contributed by atoms with Crippen LogP contribution in [0.3, 0.4) is 0 Å². The number of hydrogen-bond donors (Lipinski definition) is 3. The van der Waals surface area contributed by atoms with E-state index in [4.69, 9.17) is 15.2 Å². The highest BCUT2D eigenvalue weighted by molar-refractivity contribution is 7.89. The fraction of sp³-hybridized carbons (Fsp3) is 0.278. The van der Waals surface area contributed by atoms with Gasteiger partial charge in [-0.15, -0.1) is 12.4 Å². The zero-order valence-electron chi connectivity index (χ0n) is 15.4. The molecule has 0 aliphatic carbocycles. The molecule has 0 fully saturated rings. The number of methoxy groups -OCH3 is 1. The van der Waals surface area contributed by atoms with Crippen LogP contribution in [0.1, 0.15) is 24.1 Å². The highest BCUT2D eigenvalue weighted by atomic mass is 35.5. The molecule has 4 N–H and O–H groups in total. The molecular formula is C18H22ClN3O5S. The Kier molecular flexibility index (Phi) is 6.89. The molecule has 1 atom stereocenters. The highest BCUT2D eigenvalue weighted by Crippen LogP contribution is 2.37. The SMILES string of the molecule is COc1cc2c(cc1S(=O)(=O)NCc1ccc(C(C)N)cc1)OCC(=O)N2.Cl. The summed E-state index contributed by atoms with van der Waals surface area (Å²) >= 11 is 0. The molecule has 1 aliphatic heterocycles. The molecule has 1 unspecified atom stereocenters. The third-order valence-corrected chi connectivity index (χ3v) is 5.58. The van der Waals surface area contributed by atoms with Crippen LogP contribution in [0.5, 0.6) is 11.5 Å². The summed E-state index contributed by atoms with van der Waals surface area (Å²) in [4.78, 5) is 11.4. The van der Waals surface area contributed by atoms with Gasteiger partial charge in [0, 0.05) is 24.7 Å². The molecule has 0 aromatic heterocycles. The van der Waals surface area contributed by atoms with Crippen molar-refractivity contribution in [2.45, 2.75) is 24.4 Å². The molecule has 0 saturated carbocycles. The zero-order valence-corrected chi connectivity index (χ0v) is 17.0. The van der Waals surface area contributed by atoms with Gasteiger partial charge in [0.15, 0.2) is 6.61 Å². The van der Waals surface area contributed by atoms with E-state index in [-0.39, 0.29) is 53.9 Å². The maximum atomic E-state index is 12.8. The van der Waals surface area contributed by atoms with E-state index in [0.717, 1.165) is 11.1 Å². The topological polar surface area (TPSA) is 120 Å². The molecule has 2 aromatic rings. The second-order valence-corrected chi connectivity index (χ2v) is 7.93. The number of hydrogen-bond acceptors (Lipinski definition) is 6. The lowest BCUT2D eigenvalue weighted by molar-refractivity contribution is -0.118. The smallest absolute Gasteiger partial charge is 0.262 e. The number of rotatable bonds is 6. The standard InChI is InChI=1S/C18H21N3O5S.ClH/c1-11(19)13-5-3-12(4-6-13)9-20-27(23,24)17-8-15-14(7-16(17)25-2)21-18(22)10-26-15;/h3-8,11,20H,9-10,19H2,1-2H3,(H,21,22);1H. The van der Waals surface area contributed by atoms with Crippen molar-refractivity contribution in [3.05, 3.63) is 47.5 Å². The molecule has 152 valence electrons. The monoisotopic (exact) mass is 427 g/mol. The normalized spacial score (nSPS) is 14.2. The lowest BCUT2D eigenvalue weighted by Gasteiger charge is -2.20. The number of carbonyl (C=O) groups excluding carboxylic acids is 1. The van der Waals surface area contributed by atoms with Gasteiger partial charge < -0.3 is 20.5 Å². The lowest BCUT2D eigenvalue weighted by Crippen LogP contribution is -2.27. The number of fused-ring (bicyclic) bond motifs is 1. The second kappa shape index (κ2) is 8.78. The molecule has 1 amide bonds. The maximum Gasteiger partial charge on any atom is 0.262 e. The summed E-state index contributed by atoms with van der Waals surface area (Å²) in [6.45, 7) is 1.82. The van der Waals surface area contributed by atoms with Gasteiger partial charge in [0.25, 0.3) is 5.91 Å². The van der Waals surface area contributed by atoms with E-state index >= 15 is 0 Å². The van der Waals surface area contributed by atoms with Crippen molar-refractivity contribution >= 4 is 34.0 Å². The van der Waals surface area contributed by atoms with Gasteiger partial charge in [-0.1, -0.05) is 24.3 Å². The van der Waals surface area contributed by atoms with E-state index in [2.05, 4.69) is 10.0 Å². The third-order valence-electron chi connectivity index (χ3n) is 4.16. The summed E-state index contributed by atoms with van der Waals surface area (Å²) in [6, 6.07) is 10.1. The second-order valence-electron chi connectivity index (χ2n) is 6.19. The van der Waals surface area contributed by atoms with Gasteiger partial charge in [0.05, 0.1) is 12.8 Å². The molecule has 10 heteroatoms. The third kappa shape index (κ3) is 4.74. The van der Waals surface area contributed by atoms with Crippen molar-refractivity contribution in [1.82, 2.24) is 4.72 Å². The van der Waals surface area contributed by atoms with Gasteiger partial charge in [-0.05, 0) is 18.1 Å². The van der Waals surface area contributed by atoms with E-state index in [1.165, 1.54) is 19.2 Å². The van der Waals surface area contributed by atoms with E-state index in [0.29, 0.717) is 5.69 Å². The van der Waals surface area contributed by atoms with Crippen LogP contribution >= 0.6 is 12.4 Å². The Morgan fingerprint density at radius 3 is 2.57 bits per heavy atom. The number of halogens is 1. The van der Waals surface area contributed by atoms with Crippen LogP contribution in [-0.4, -0.2) is 28.0 Å². The predicted octanol–water partition coefficient (Wildman–Crippen LogP) is 1.95. The van der Waals surface area contributed by atoms with Gasteiger partial charge in [0.2, 0.25) is 10.0 Å². The highest BCUT2D eigenvalue weighted by Gasteiger charge is 2.25. The van der Waals surface area contributed by atoms with Gasteiger partial charge in [0.1, 0.15) is 16.4 Å². The van der Waals surface area contributed by atoms with Crippen LogP contribution in [0.4, 0.5) is 5.69 Å². The van der Waals surface area contributed by atoms with Crippen LogP contribution in [0.25, 0.3) is 0 Å². The van der Waals surface area contributed by atoms with Crippen molar-refractivity contribution in [2.24, 2.45) is 5.73 Å². The first kappa shape index (κ1) is 22.0. The van der Waals surface area contributed by atoms with Gasteiger partial charge in [-0.2, -0.15) is 0 Å². The summed E-state index contributed by atoms with van der Waals surface area (Å²) in [5, 5.41) is 2.62. The fourth-order valence-electron chi connectivity index (χ4n) is 2.65. The molecule has 1 aliphatic rings. The van der Waals surface area contributed by atoms with E-state index in [1.54, 1.807) is 0 Å². The Morgan fingerprint density at radius 2 is 1.96 bits per heavy atom. The first-order chi connectivity index (χ1) is 12.8. The number of benzene rings is 2. The Bertz CT molecular complexity index is 962. The fourth-order valence-corrected chi connectivity index (χ4v) is 3.83. The van der Waals surface area contributed by atoms with Crippen LogP contribution in [0.2, 0.25) is 0 Å². The molecule has 8 nitrogen and oxygen atoms in total. The largest absolute Gasteiger partial charge is 0.495 e. The number of sulfonamides is 1. The van der Waals surface area contributed by atoms with Crippen molar-refractivity contribution in [3.63, 3.8) is 0 Å². The van der Waals surface area contributed by atoms with Crippen molar-refractivity contribution in [2.75, 3.05) is 19.0 Å². The maximum absolute atomic E-state index is 12.8. The van der Waals surface area contributed by atoms with Crippen LogP contribution in [0, 0.1) is 0 Å². The molecule has 3 rings (SSSR count). The molecule has 0 bridgehead atoms. The number of nitrogens with two attached hydrogens (primary N) is 1. The van der Waals surface area contributed by atoms with E-state index in [9.17, 15) is 13.2 Å². The van der Waals surface area contributed by atoms with Crippen molar-refractivity contribution < 1.29 is 22.7 Å². The van der Waals surface area contributed by atoms with Gasteiger partial charge >= 0.3 is 0 Å². The van der Waals surface area contributed by atoms with Crippen LogP contribution in [0.15, 0.2) is 41.3 Å². The summed E-state index contributed by atoms with van der Waals surface area (Å²) < 4.78 is 38.5. The van der Waals surface area contributed by atoms with Crippen LogP contribution < -0.4 is 25.2 Å². The Morgan fingerprint density at radius 1 is 1.29 bits per heavy atom. The Balaban J connectivity index is 0.00000280. The quantitative estimate of drug-likeness (QED) is 0.648. The minimum Gasteiger partial charge on any atom is -0.495 e. The lowest BCUT2D eigenvalue weighted by atomic mass is 10.1. The average Bonchev–Trinajstić information content (AvgIpc) is 2.65. The molecule has 28 heavy (non-hydrogen) atoms. The van der Waals surface area contributed by atoms with E-state index in [1.807, 2.05) is 31.2 Å². The molecule has 1 heterocycles. The Labute approximate surface area is 169 Å². The number of nitrogens with one attached hydrogen (secondary N) is 2. The van der Waals surface area contributed by atoms with Crippen molar-refractivity contribution in [1.29, 1.82) is 0 Å². The summed E-state index contributed by atoms with van der Waals surface area (Å²) in [5.74, 6) is 0.0740. The zero-order chi connectivity index (χ0) is 19.6. The summed E-state index contributed by atoms with van der Waals surface area (Å²) in [5.41, 5.74) is 7.95. The minimum atomic E-state index is -3.87. The number of carbonyl (C=O) groups is 1. The molecule has 0 spiro atoms. The number of ether oxygens (including phenoxy) is 2. The first-order valence-corrected chi connectivity index (χ1v) is 9.77.